The summed E-state index contributed by atoms with van der Waals surface area (Å²) in [5.74, 6) is -1.99. The van der Waals surface area contributed by atoms with Crippen LogP contribution in [0.4, 0.5) is 9.18 Å². The van der Waals surface area contributed by atoms with Crippen molar-refractivity contribution >= 4 is 17.9 Å². The van der Waals surface area contributed by atoms with Crippen molar-refractivity contribution in [3.63, 3.8) is 0 Å². The fraction of sp³-hybridized carbons (Fsp3) is 0.500. The van der Waals surface area contributed by atoms with E-state index < -0.39 is 11.9 Å². The van der Waals surface area contributed by atoms with Crippen molar-refractivity contribution in [3.05, 3.63) is 35.6 Å². The molecule has 2 aliphatic heterocycles. The first-order valence-electron chi connectivity index (χ1n) is 8.73. The van der Waals surface area contributed by atoms with Crippen LogP contribution >= 0.6 is 0 Å². The highest BCUT2D eigenvalue weighted by atomic mass is 19.1. The summed E-state index contributed by atoms with van der Waals surface area (Å²) in [5.41, 5.74) is 0.817. The number of piperidine rings is 1. The normalized spacial score (nSPS) is 21.1. The number of nitrogens with one attached hydrogen (secondary N) is 1. The molecule has 0 bridgehead atoms. The van der Waals surface area contributed by atoms with Crippen LogP contribution in [0.15, 0.2) is 24.3 Å². The zero-order chi connectivity index (χ0) is 18.7. The van der Waals surface area contributed by atoms with Crippen LogP contribution in [0.2, 0.25) is 0 Å². The van der Waals surface area contributed by atoms with Crippen LogP contribution in [-0.2, 0) is 16.1 Å². The summed E-state index contributed by atoms with van der Waals surface area (Å²) in [5, 5.41) is 11.9. The van der Waals surface area contributed by atoms with Crippen LogP contribution in [-0.4, -0.2) is 58.5 Å². The van der Waals surface area contributed by atoms with Gasteiger partial charge in [0.25, 0.3) is 0 Å². The van der Waals surface area contributed by atoms with E-state index in [0.29, 0.717) is 32.5 Å². The van der Waals surface area contributed by atoms with Gasteiger partial charge in [0.1, 0.15) is 5.82 Å². The number of benzene rings is 1. The minimum absolute atomic E-state index is 0.00648. The molecule has 0 radical (unpaired) electrons. The van der Waals surface area contributed by atoms with E-state index in [1.165, 1.54) is 12.1 Å². The average Bonchev–Trinajstić information content (AvgIpc) is 3.03. The zero-order valence-corrected chi connectivity index (χ0v) is 14.4. The molecule has 3 amide bonds. The number of carbonyl (C=O) groups excluding carboxylic acids is 2. The number of hydrogen-bond donors (Lipinski definition) is 2. The molecule has 140 valence electrons. The van der Waals surface area contributed by atoms with E-state index in [4.69, 9.17) is 5.11 Å². The van der Waals surface area contributed by atoms with Gasteiger partial charge in [-0.15, -0.1) is 0 Å². The molecule has 1 aromatic carbocycles. The highest BCUT2D eigenvalue weighted by molar-refractivity contribution is 5.86. The van der Waals surface area contributed by atoms with Gasteiger partial charge in [-0.05, 0) is 30.5 Å². The molecule has 1 aromatic rings. The molecule has 3 rings (SSSR count). The standard InChI is InChI=1S/C18H22FN3O4/c19-14-3-1-12(2-4-14)10-20-18(26)21-7-5-15(6-8-21)22-11-13(17(24)25)9-16(22)23/h1-4,13,15H,5-11H2,(H,20,26)(H,24,25). The van der Waals surface area contributed by atoms with Crippen molar-refractivity contribution in [3.8, 4) is 0 Å². The van der Waals surface area contributed by atoms with Crippen LogP contribution in [0, 0.1) is 11.7 Å². The van der Waals surface area contributed by atoms with Crippen molar-refractivity contribution in [1.82, 2.24) is 15.1 Å². The van der Waals surface area contributed by atoms with E-state index in [1.807, 2.05) is 0 Å². The molecule has 8 heteroatoms. The number of halogens is 1. The molecule has 2 aliphatic rings. The van der Waals surface area contributed by atoms with Gasteiger partial charge in [0, 0.05) is 38.6 Å². The van der Waals surface area contributed by atoms with Gasteiger partial charge in [0.15, 0.2) is 0 Å². The van der Waals surface area contributed by atoms with Crippen molar-refractivity contribution in [1.29, 1.82) is 0 Å². The average molecular weight is 363 g/mol. The third-order valence-corrected chi connectivity index (χ3v) is 5.06. The van der Waals surface area contributed by atoms with E-state index in [1.54, 1.807) is 21.9 Å². The fourth-order valence-corrected chi connectivity index (χ4v) is 3.52. The topological polar surface area (TPSA) is 90.0 Å². The van der Waals surface area contributed by atoms with Gasteiger partial charge in [-0.2, -0.15) is 0 Å². The Kier molecular flexibility index (Phi) is 5.39. The summed E-state index contributed by atoms with van der Waals surface area (Å²) in [6.45, 7) is 1.61. The molecular formula is C18H22FN3O4. The maximum atomic E-state index is 12.9. The SMILES string of the molecule is O=C(O)C1CC(=O)N(C2CCN(C(=O)NCc3ccc(F)cc3)CC2)C1. The first kappa shape index (κ1) is 18.2. The van der Waals surface area contributed by atoms with Crippen molar-refractivity contribution in [2.45, 2.75) is 31.8 Å². The molecule has 7 nitrogen and oxygen atoms in total. The molecule has 2 fully saturated rings. The number of rotatable bonds is 4. The van der Waals surface area contributed by atoms with E-state index in [-0.39, 0.29) is 36.8 Å². The zero-order valence-electron chi connectivity index (χ0n) is 14.4. The minimum atomic E-state index is -0.932. The van der Waals surface area contributed by atoms with Gasteiger partial charge in [-0.3, -0.25) is 9.59 Å². The molecule has 2 heterocycles. The minimum Gasteiger partial charge on any atom is -0.481 e. The lowest BCUT2D eigenvalue weighted by Gasteiger charge is -2.36. The predicted octanol–water partition coefficient (Wildman–Crippen LogP) is 1.43. The summed E-state index contributed by atoms with van der Waals surface area (Å²) in [6, 6.07) is 5.76. The Morgan fingerprint density at radius 2 is 1.85 bits per heavy atom. The largest absolute Gasteiger partial charge is 0.481 e. The Balaban J connectivity index is 1.46. The van der Waals surface area contributed by atoms with E-state index in [2.05, 4.69) is 5.32 Å². The van der Waals surface area contributed by atoms with Crippen LogP contribution < -0.4 is 5.32 Å². The monoisotopic (exact) mass is 363 g/mol. The smallest absolute Gasteiger partial charge is 0.317 e. The lowest BCUT2D eigenvalue weighted by Crippen LogP contribution is -2.49. The lowest BCUT2D eigenvalue weighted by molar-refractivity contribution is -0.141. The van der Waals surface area contributed by atoms with Crippen LogP contribution in [0.5, 0.6) is 0 Å². The number of carboxylic acid groups (broad SMARTS) is 1. The van der Waals surface area contributed by atoms with E-state index in [0.717, 1.165) is 5.56 Å². The number of carboxylic acids is 1. The molecule has 1 unspecified atom stereocenters. The number of likely N-dealkylation sites (tertiary alicyclic amines) is 2. The second kappa shape index (κ2) is 7.72. The van der Waals surface area contributed by atoms with Gasteiger partial charge in [-0.25, -0.2) is 9.18 Å². The summed E-state index contributed by atoms with van der Waals surface area (Å²) >= 11 is 0. The first-order chi connectivity index (χ1) is 12.4. The highest BCUT2D eigenvalue weighted by Gasteiger charge is 2.39. The lowest BCUT2D eigenvalue weighted by atomic mass is 10.0. The molecule has 26 heavy (non-hydrogen) atoms. The molecule has 2 N–H and O–H groups in total. The Hall–Kier alpha value is -2.64. The van der Waals surface area contributed by atoms with Crippen molar-refractivity contribution < 1.29 is 23.9 Å². The molecule has 0 aliphatic carbocycles. The van der Waals surface area contributed by atoms with Crippen LogP contribution in [0.25, 0.3) is 0 Å². The quantitative estimate of drug-likeness (QED) is 0.847. The number of hydrogen-bond acceptors (Lipinski definition) is 3. The number of amides is 3. The number of aliphatic carboxylic acids is 1. The molecule has 0 spiro atoms. The number of nitrogens with zero attached hydrogens (tertiary/aromatic N) is 2. The second-order valence-corrected chi connectivity index (χ2v) is 6.79. The van der Waals surface area contributed by atoms with Crippen LogP contribution in [0.1, 0.15) is 24.8 Å². The molecule has 0 aromatic heterocycles. The fourth-order valence-electron chi connectivity index (χ4n) is 3.52. The third-order valence-electron chi connectivity index (χ3n) is 5.06. The van der Waals surface area contributed by atoms with Crippen LogP contribution in [0.3, 0.4) is 0 Å². The Morgan fingerprint density at radius 1 is 1.19 bits per heavy atom. The van der Waals surface area contributed by atoms with Crippen molar-refractivity contribution in [2.75, 3.05) is 19.6 Å². The maximum Gasteiger partial charge on any atom is 0.317 e. The predicted molar refractivity (Wildman–Crippen MR) is 90.7 cm³/mol. The van der Waals surface area contributed by atoms with Gasteiger partial charge in [-0.1, -0.05) is 12.1 Å². The second-order valence-electron chi connectivity index (χ2n) is 6.79. The highest BCUT2D eigenvalue weighted by Crippen LogP contribution is 2.25. The van der Waals surface area contributed by atoms with Crippen molar-refractivity contribution in [2.24, 2.45) is 5.92 Å². The molecular weight excluding hydrogens is 341 g/mol. The Bertz CT molecular complexity index is 686. The molecule has 0 saturated carbocycles. The van der Waals surface area contributed by atoms with E-state index >= 15 is 0 Å². The summed E-state index contributed by atoms with van der Waals surface area (Å²) < 4.78 is 12.9. The Labute approximate surface area is 150 Å². The summed E-state index contributed by atoms with van der Waals surface area (Å²) in [7, 11) is 0. The number of carbonyl (C=O) groups is 3. The third kappa shape index (κ3) is 4.12. The van der Waals surface area contributed by atoms with Gasteiger partial charge >= 0.3 is 12.0 Å². The molecule has 2 saturated heterocycles. The number of urea groups is 1. The Morgan fingerprint density at radius 3 is 2.42 bits per heavy atom. The van der Waals surface area contributed by atoms with Gasteiger partial charge < -0.3 is 20.2 Å². The van der Waals surface area contributed by atoms with E-state index in [9.17, 15) is 18.8 Å². The summed E-state index contributed by atoms with van der Waals surface area (Å²) in [6.07, 6.45) is 1.35. The first-order valence-corrected chi connectivity index (χ1v) is 8.73. The molecule has 1 atom stereocenters. The van der Waals surface area contributed by atoms with Gasteiger partial charge in [0.05, 0.1) is 5.92 Å². The maximum absolute atomic E-state index is 12.9. The summed E-state index contributed by atoms with van der Waals surface area (Å²) in [4.78, 5) is 38.7. The van der Waals surface area contributed by atoms with Gasteiger partial charge in [0.2, 0.25) is 5.91 Å².